The summed E-state index contributed by atoms with van der Waals surface area (Å²) in [7, 11) is 0. The molecular formula is C26H21BrF3N3O4. The van der Waals surface area contributed by atoms with Gasteiger partial charge in [-0.3, -0.25) is 0 Å². The molecule has 0 bridgehead atoms. The largest absolute Gasteiger partial charge is 0.505 e. The van der Waals surface area contributed by atoms with Crippen LogP contribution < -0.4 is 0 Å². The van der Waals surface area contributed by atoms with Gasteiger partial charge in [0.25, 0.3) is 0 Å². The Hall–Kier alpha value is -3.70. The SMILES string of the molecule is CCOC(=O)c1c(C)cc(-c2ccc(C(F)(F)F)cc2)c(-n2cc(C(O)c3ccccc3Br)nn2)c1O. The lowest BCUT2D eigenvalue weighted by molar-refractivity contribution is -0.137. The van der Waals surface area contributed by atoms with Crippen molar-refractivity contribution >= 4 is 21.9 Å². The highest BCUT2D eigenvalue weighted by atomic mass is 79.9. The molecule has 37 heavy (non-hydrogen) atoms. The zero-order valence-electron chi connectivity index (χ0n) is 19.6. The summed E-state index contributed by atoms with van der Waals surface area (Å²) >= 11 is 3.38. The maximum Gasteiger partial charge on any atom is 0.416 e. The van der Waals surface area contributed by atoms with Crippen LogP contribution in [-0.2, 0) is 10.9 Å². The molecule has 192 valence electrons. The number of rotatable bonds is 6. The second-order valence-electron chi connectivity index (χ2n) is 8.12. The van der Waals surface area contributed by atoms with Crippen molar-refractivity contribution in [3.8, 4) is 22.6 Å². The molecule has 11 heteroatoms. The molecule has 1 atom stereocenters. The van der Waals surface area contributed by atoms with E-state index in [0.717, 1.165) is 12.1 Å². The van der Waals surface area contributed by atoms with Crippen LogP contribution in [0.25, 0.3) is 16.8 Å². The maximum absolute atomic E-state index is 13.1. The molecule has 0 radical (unpaired) electrons. The standard InChI is InChI=1S/C26H21BrF3N3O4/c1-3-37-25(36)21-14(2)12-18(15-8-10-16(11-9-15)26(28,29)30)22(24(21)35)33-13-20(31-32-33)23(34)17-6-4-5-7-19(17)27/h4-13,23,34-35H,3H2,1-2H3. The molecule has 0 saturated carbocycles. The van der Waals surface area contributed by atoms with Crippen molar-refractivity contribution in [3.63, 3.8) is 0 Å². The lowest BCUT2D eigenvalue weighted by Gasteiger charge is -2.17. The molecule has 4 aromatic rings. The number of benzene rings is 3. The zero-order valence-corrected chi connectivity index (χ0v) is 21.2. The number of carbonyl (C=O) groups excluding carboxylic acids is 1. The summed E-state index contributed by atoms with van der Waals surface area (Å²) in [5, 5.41) is 30.2. The summed E-state index contributed by atoms with van der Waals surface area (Å²) in [6.45, 7) is 3.26. The Morgan fingerprint density at radius 1 is 1.16 bits per heavy atom. The average Bonchev–Trinajstić information content (AvgIpc) is 3.33. The van der Waals surface area contributed by atoms with E-state index in [2.05, 4.69) is 26.2 Å². The third kappa shape index (κ3) is 5.23. The fourth-order valence-corrected chi connectivity index (χ4v) is 4.41. The molecule has 3 aromatic carbocycles. The number of hydrogen-bond acceptors (Lipinski definition) is 6. The van der Waals surface area contributed by atoms with Crippen molar-refractivity contribution < 1.29 is 32.9 Å². The highest BCUT2D eigenvalue weighted by Gasteiger charge is 2.31. The first-order chi connectivity index (χ1) is 17.5. The minimum absolute atomic E-state index is 0.00788. The van der Waals surface area contributed by atoms with E-state index in [4.69, 9.17) is 4.74 Å². The fraction of sp³-hybridized carbons (Fsp3) is 0.192. The number of aliphatic hydroxyl groups is 1. The second kappa shape index (κ2) is 10.3. The average molecular weight is 576 g/mol. The van der Waals surface area contributed by atoms with Crippen LogP contribution in [0.1, 0.15) is 45.8 Å². The molecule has 0 spiro atoms. The summed E-state index contributed by atoms with van der Waals surface area (Å²) in [6.07, 6.45) is -4.32. The van der Waals surface area contributed by atoms with Crippen molar-refractivity contribution in [2.24, 2.45) is 0 Å². The van der Waals surface area contributed by atoms with E-state index < -0.39 is 29.6 Å². The van der Waals surface area contributed by atoms with Gasteiger partial charge < -0.3 is 14.9 Å². The van der Waals surface area contributed by atoms with Gasteiger partial charge in [-0.2, -0.15) is 13.2 Å². The van der Waals surface area contributed by atoms with Gasteiger partial charge in [0, 0.05) is 15.6 Å². The van der Waals surface area contributed by atoms with Gasteiger partial charge in [0.05, 0.1) is 18.4 Å². The molecule has 2 N–H and O–H groups in total. The number of phenols is 1. The molecule has 4 rings (SSSR count). The van der Waals surface area contributed by atoms with Crippen LogP contribution in [0.2, 0.25) is 0 Å². The number of aromatic hydroxyl groups is 1. The first-order valence-electron chi connectivity index (χ1n) is 11.1. The number of carbonyl (C=O) groups is 1. The van der Waals surface area contributed by atoms with Crippen molar-refractivity contribution in [3.05, 3.63) is 93.2 Å². The predicted molar refractivity (Wildman–Crippen MR) is 132 cm³/mol. The molecular weight excluding hydrogens is 555 g/mol. The van der Waals surface area contributed by atoms with Gasteiger partial charge in [-0.1, -0.05) is 51.5 Å². The van der Waals surface area contributed by atoms with Crippen molar-refractivity contribution in [2.45, 2.75) is 26.1 Å². The smallest absolute Gasteiger partial charge is 0.416 e. The molecule has 7 nitrogen and oxygen atoms in total. The fourth-order valence-electron chi connectivity index (χ4n) is 3.91. The maximum atomic E-state index is 13.1. The van der Waals surface area contributed by atoms with Crippen LogP contribution in [-0.4, -0.2) is 37.8 Å². The number of alkyl halides is 3. The van der Waals surface area contributed by atoms with Crippen LogP contribution >= 0.6 is 15.9 Å². The van der Waals surface area contributed by atoms with Crippen LogP contribution in [0.5, 0.6) is 5.75 Å². The normalized spacial score (nSPS) is 12.4. The summed E-state index contributed by atoms with van der Waals surface area (Å²) in [5.74, 6) is -1.26. The second-order valence-corrected chi connectivity index (χ2v) is 8.98. The van der Waals surface area contributed by atoms with E-state index in [9.17, 15) is 28.2 Å². The van der Waals surface area contributed by atoms with Gasteiger partial charge in [-0.05, 0) is 49.2 Å². The summed E-state index contributed by atoms with van der Waals surface area (Å²) < 4.78 is 46.2. The number of nitrogens with zero attached hydrogens (tertiary/aromatic N) is 3. The van der Waals surface area contributed by atoms with Gasteiger partial charge in [0.15, 0.2) is 5.75 Å². The van der Waals surface area contributed by atoms with E-state index in [0.29, 0.717) is 26.7 Å². The van der Waals surface area contributed by atoms with Crippen molar-refractivity contribution in [1.82, 2.24) is 15.0 Å². The molecule has 0 fully saturated rings. The monoisotopic (exact) mass is 575 g/mol. The molecule has 1 aromatic heterocycles. The van der Waals surface area contributed by atoms with Gasteiger partial charge in [0.1, 0.15) is 23.0 Å². The van der Waals surface area contributed by atoms with E-state index in [1.165, 1.54) is 23.0 Å². The minimum atomic E-state index is -4.52. The lowest BCUT2D eigenvalue weighted by Crippen LogP contribution is -2.10. The number of phenolic OH excluding ortho intramolecular Hbond substituents is 1. The Kier molecular flexibility index (Phi) is 7.37. The van der Waals surface area contributed by atoms with Crippen LogP contribution in [0, 0.1) is 6.92 Å². The number of ether oxygens (including phenoxy) is 1. The topological polar surface area (TPSA) is 97.5 Å². The molecule has 1 unspecified atom stereocenters. The Labute approximate surface area is 218 Å². The van der Waals surface area contributed by atoms with Crippen molar-refractivity contribution in [2.75, 3.05) is 6.61 Å². The van der Waals surface area contributed by atoms with E-state index >= 15 is 0 Å². The lowest BCUT2D eigenvalue weighted by atomic mass is 9.95. The third-order valence-electron chi connectivity index (χ3n) is 5.69. The summed E-state index contributed by atoms with van der Waals surface area (Å²) in [4.78, 5) is 12.6. The number of aliphatic hydroxyl groups excluding tert-OH is 1. The Bertz CT molecular complexity index is 1450. The van der Waals surface area contributed by atoms with E-state index in [-0.39, 0.29) is 23.6 Å². The Morgan fingerprint density at radius 2 is 1.84 bits per heavy atom. The van der Waals surface area contributed by atoms with E-state index in [1.54, 1.807) is 44.2 Å². The quantitative estimate of drug-likeness (QED) is 0.274. The number of hydrogen-bond donors (Lipinski definition) is 2. The molecule has 0 amide bonds. The molecule has 0 saturated heterocycles. The Balaban J connectivity index is 1.89. The molecule has 1 heterocycles. The van der Waals surface area contributed by atoms with Gasteiger partial charge in [-0.15, -0.1) is 5.10 Å². The predicted octanol–water partition coefficient (Wildman–Crippen LogP) is 5.99. The molecule has 0 aliphatic heterocycles. The van der Waals surface area contributed by atoms with Gasteiger partial charge in [0.2, 0.25) is 0 Å². The van der Waals surface area contributed by atoms with Crippen LogP contribution in [0.3, 0.4) is 0 Å². The highest BCUT2D eigenvalue weighted by molar-refractivity contribution is 9.10. The first kappa shape index (κ1) is 26.4. The van der Waals surface area contributed by atoms with Crippen LogP contribution in [0.15, 0.2) is 65.3 Å². The molecule has 0 aliphatic rings. The number of aromatic nitrogens is 3. The minimum Gasteiger partial charge on any atom is -0.505 e. The number of halogens is 4. The third-order valence-corrected chi connectivity index (χ3v) is 6.42. The highest BCUT2D eigenvalue weighted by Crippen LogP contribution is 2.40. The van der Waals surface area contributed by atoms with Gasteiger partial charge >= 0.3 is 12.1 Å². The molecule has 0 aliphatic carbocycles. The summed E-state index contributed by atoms with van der Waals surface area (Å²) in [6, 6.07) is 12.9. The Morgan fingerprint density at radius 3 is 2.46 bits per heavy atom. The van der Waals surface area contributed by atoms with Gasteiger partial charge in [-0.25, -0.2) is 9.48 Å². The number of esters is 1. The van der Waals surface area contributed by atoms with Crippen molar-refractivity contribution in [1.29, 1.82) is 0 Å². The van der Waals surface area contributed by atoms with E-state index in [1.807, 2.05) is 0 Å². The zero-order chi connectivity index (χ0) is 26.9. The summed E-state index contributed by atoms with van der Waals surface area (Å²) in [5.41, 5.74) is 0.691. The van der Waals surface area contributed by atoms with Crippen LogP contribution in [0.4, 0.5) is 13.2 Å². The first-order valence-corrected chi connectivity index (χ1v) is 11.9. The number of aryl methyl sites for hydroxylation is 1.